The van der Waals surface area contributed by atoms with Crippen molar-refractivity contribution in [1.82, 2.24) is 31.0 Å². The molecule has 1 saturated heterocycles. The van der Waals surface area contributed by atoms with Crippen LogP contribution < -0.4 is 26.5 Å². The molecule has 0 saturated carbocycles. The van der Waals surface area contributed by atoms with Crippen LogP contribution in [-0.2, 0) is 12.8 Å². The lowest BCUT2D eigenvalue weighted by atomic mass is 10.0. The van der Waals surface area contributed by atoms with E-state index in [2.05, 4.69) is 33.0 Å². The van der Waals surface area contributed by atoms with Crippen molar-refractivity contribution in [3.63, 3.8) is 0 Å². The van der Waals surface area contributed by atoms with Crippen LogP contribution in [0.3, 0.4) is 0 Å². The number of ether oxygens (including phenoxy) is 1. The predicted octanol–water partition coefficient (Wildman–Crippen LogP) is 3.93. The number of aromatic amines is 1. The number of halogens is 1. The fourth-order valence-electron chi connectivity index (χ4n) is 4.70. The summed E-state index contributed by atoms with van der Waals surface area (Å²) in [5, 5.41) is 15.3. The van der Waals surface area contributed by atoms with Gasteiger partial charge in [0.15, 0.2) is 0 Å². The molecule has 1 aromatic heterocycles. The van der Waals surface area contributed by atoms with Crippen LogP contribution in [0, 0.1) is 12.3 Å². The van der Waals surface area contributed by atoms with E-state index >= 15 is 0 Å². The number of hydrazine groups is 1. The zero-order valence-electron chi connectivity index (χ0n) is 23.0. The average Bonchev–Trinajstić information content (AvgIpc) is 3.30. The fourth-order valence-corrected chi connectivity index (χ4v) is 4.70. The Kier molecular flexibility index (Phi) is 11.2. The Morgan fingerprint density at radius 3 is 2.55 bits per heavy atom. The number of amidine groups is 1. The number of imidazole rings is 1. The molecule has 0 unspecified atom stereocenters. The van der Waals surface area contributed by atoms with Gasteiger partial charge in [-0.1, -0.05) is 37.6 Å². The first-order chi connectivity index (χ1) is 18.8. The number of unbranched alkanes of at least 4 members (excludes halogenated alkanes) is 1. The number of nitrogen functional groups attached to an aromatic ring is 1. The van der Waals surface area contributed by atoms with Crippen LogP contribution >= 0.6 is 12.4 Å². The Hall–Kier alpha value is -3.83. The van der Waals surface area contributed by atoms with Crippen LogP contribution in [0.25, 0.3) is 11.0 Å². The molecule has 0 radical (unpaired) electrons. The number of carbonyl (C=O) groups is 2. The molecule has 3 aromatic rings. The third-order valence-corrected chi connectivity index (χ3v) is 6.86. The molecule has 12 heteroatoms. The molecule has 0 bridgehead atoms. The highest BCUT2D eigenvalue weighted by molar-refractivity contribution is 5.94. The summed E-state index contributed by atoms with van der Waals surface area (Å²) in [6.45, 7) is 5.87. The Morgan fingerprint density at radius 2 is 1.88 bits per heavy atom. The van der Waals surface area contributed by atoms with Gasteiger partial charge in [0.05, 0.1) is 11.0 Å². The van der Waals surface area contributed by atoms with Gasteiger partial charge < -0.3 is 26.1 Å². The van der Waals surface area contributed by atoms with Crippen molar-refractivity contribution in [2.75, 3.05) is 19.6 Å². The van der Waals surface area contributed by atoms with Gasteiger partial charge in [0.1, 0.15) is 17.4 Å². The van der Waals surface area contributed by atoms with Crippen molar-refractivity contribution in [2.24, 2.45) is 5.73 Å². The van der Waals surface area contributed by atoms with E-state index in [1.807, 2.05) is 42.3 Å². The number of aryl methyl sites for hydroxylation is 3. The summed E-state index contributed by atoms with van der Waals surface area (Å²) in [6.07, 6.45) is 4.21. The number of aromatic nitrogens is 2. The van der Waals surface area contributed by atoms with Crippen molar-refractivity contribution >= 4 is 41.4 Å². The molecule has 4 rings (SSSR count). The molecule has 11 nitrogen and oxygen atoms in total. The summed E-state index contributed by atoms with van der Waals surface area (Å²) in [7, 11) is 0. The number of piperidine rings is 1. The maximum atomic E-state index is 12.8. The number of nitrogens with two attached hydrogens (primary N) is 1. The minimum Gasteiger partial charge on any atom is -0.409 e. The van der Waals surface area contributed by atoms with Crippen LogP contribution in [-0.4, -0.2) is 58.6 Å². The highest BCUT2D eigenvalue weighted by atomic mass is 35.5. The summed E-state index contributed by atoms with van der Waals surface area (Å²) < 4.78 is 5.78. The van der Waals surface area contributed by atoms with Gasteiger partial charge in [-0.3, -0.25) is 10.8 Å². The monoisotopic (exact) mass is 570 g/mol. The summed E-state index contributed by atoms with van der Waals surface area (Å²) in [4.78, 5) is 32.7. The third-order valence-electron chi connectivity index (χ3n) is 6.86. The van der Waals surface area contributed by atoms with E-state index in [1.54, 1.807) is 6.07 Å². The van der Waals surface area contributed by atoms with Crippen molar-refractivity contribution in [3.8, 4) is 5.75 Å². The lowest BCUT2D eigenvalue weighted by molar-refractivity contribution is 0.118. The summed E-state index contributed by atoms with van der Waals surface area (Å²) >= 11 is 0. The highest BCUT2D eigenvalue weighted by Gasteiger charge is 2.23. The molecule has 7 N–H and O–H groups in total. The maximum absolute atomic E-state index is 12.8. The van der Waals surface area contributed by atoms with E-state index in [-0.39, 0.29) is 30.3 Å². The standard InChI is InChI=1S/C28H38N8O3.ClH/c1-3-4-15-31-27(37)34-21-13-16-36(17-14-21)35-28(38)39-24-12-11-23-25(33-18(2)32-23)22(24)10-7-19-5-8-20(9-6-19)26(29)30;/h5-6,8-9,11-12,21H,3-4,7,10,13-17H2,1-2H3,(H3,29,30)(H,32,33)(H,35,38)(H2,31,34,37);1H. The van der Waals surface area contributed by atoms with Crippen LogP contribution in [0.1, 0.15) is 55.1 Å². The van der Waals surface area contributed by atoms with Gasteiger partial charge in [-0.25, -0.2) is 19.6 Å². The Bertz CT molecular complexity index is 1300. The SMILES string of the molecule is CCCCNC(=O)NC1CCN(NC(=O)Oc2ccc3[nH]c(C)nc3c2CCc2ccc(C(=N)N)cc2)CC1.Cl. The molecule has 1 aliphatic rings. The molecule has 2 aromatic carbocycles. The molecule has 1 aliphatic heterocycles. The maximum Gasteiger partial charge on any atom is 0.427 e. The van der Waals surface area contributed by atoms with Crippen molar-refractivity contribution in [3.05, 3.63) is 58.9 Å². The summed E-state index contributed by atoms with van der Waals surface area (Å²) in [5.41, 5.74) is 12.7. The number of nitrogens with one attached hydrogen (secondary N) is 5. The smallest absolute Gasteiger partial charge is 0.409 e. The Morgan fingerprint density at radius 1 is 1.15 bits per heavy atom. The predicted molar refractivity (Wildman–Crippen MR) is 158 cm³/mol. The number of carbonyl (C=O) groups excluding carboxylic acids is 2. The van der Waals surface area contributed by atoms with Gasteiger partial charge in [0.25, 0.3) is 0 Å². The molecule has 40 heavy (non-hydrogen) atoms. The van der Waals surface area contributed by atoms with Crippen molar-refractivity contribution in [1.29, 1.82) is 5.41 Å². The second kappa shape index (κ2) is 14.5. The number of hydrogen-bond acceptors (Lipinski definition) is 6. The fraction of sp³-hybridized carbons (Fsp3) is 0.429. The van der Waals surface area contributed by atoms with Crippen molar-refractivity contribution in [2.45, 2.75) is 58.4 Å². The lowest BCUT2D eigenvalue weighted by Gasteiger charge is -2.32. The van der Waals surface area contributed by atoms with E-state index in [1.165, 1.54) is 0 Å². The molecular formula is C28H39ClN8O3. The van der Waals surface area contributed by atoms with E-state index in [0.717, 1.165) is 53.7 Å². The minimum absolute atomic E-state index is 0. The molecule has 3 amide bonds. The van der Waals surface area contributed by atoms with Crippen LogP contribution in [0.15, 0.2) is 36.4 Å². The number of benzene rings is 2. The molecule has 0 aliphatic carbocycles. The first kappa shape index (κ1) is 30.7. The second-order valence-corrected chi connectivity index (χ2v) is 9.89. The lowest BCUT2D eigenvalue weighted by Crippen LogP contribution is -2.53. The number of nitrogens with zero attached hydrogens (tertiary/aromatic N) is 2. The van der Waals surface area contributed by atoms with Gasteiger partial charge in [0.2, 0.25) is 0 Å². The number of fused-ring (bicyclic) bond motifs is 1. The summed E-state index contributed by atoms with van der Waals surface area (Å²) in [5.74, 6) is 1.29. The van der Waals surface area contributed by atoms with E-state index in [0.29, 0.717) is 43.8 Å². The molecule has 0 spiro atoms. The molecular weight excluding hydrogens is 532 g/mol. The van der Waals surface area contributed by atoms with Gasteiger partial charge >= 0.3 is 12.1 Å². The van der Waals surface area contributed by atoms with Gasteiger partial charge in [-0.05, 0) is 56.7 Å². The van der Waals surface area contributed by atoms with Gasteiger partial charge in [0, 0.05) is 36.8 Å². The quantitative estimate of drug-likeness (QED) is 0.123. The first-order valence-corrected chi connectivity index (χ1v) is 13.5. The summed E-state index contributed by atoms with van der Waals surface area (Å²) in [6, 6.07) is 11.2. The van der Waals surface area contributed by atoms with Crippen molar-refractivity contribution < 1.29 is 14.3 Å². The minimum atomic E-state index is -0.558. The number of amides is 3. The van der Waals surface area contributed by atoms with E-state index < -0.39 is 6.09 Å². The first-order valence-electron chi connectivity index (χ1n) is 13.5. The third kappa shape index (κ3) is 8.33. The Balaban J connectivity index is 0.00000441. The molecule has 1 fully saturated rings. The highest BCUT2D eigenvalue weighted by Crippen LogP contribution is 2.28. The average molecular weight is 571 g/mol. The van der Waals surface area contributed by atoms with E-state index in [9.17, 15) is 9.59 Å². The normalized spacial score (nSPS) is 13.8. The second-order valence-electron chi connectivity index (χ2n) is 9.89. The zero-order valence-corrected chi connectivity index (χ0v) is 23.8. The topological polar surface area (TPSA) is 161 Å². The van der Waals surface area contributed by atoms with E-state index in [4.69, 9.17) is 15.9 Å². The zero-order chi connectivity index (χ0) is 27.8. The van der Waals surface area contributed by atoms with Gasteiger partial charge in [-0.15, -0.1) is 12.4 Å². The number of H-pyrrole nitrogens is 1. The number of rotatable bonds is 10. The van der Waals surface area contributed by atoms with Crippen LogP contribution in [0.2, 0.25) is 0 Å². The molecule has 2 heterocycles. The van der Waals surface area contributed by atoms with Crippen LogP contribution in [0.4, 0.5) is 9.59 Å². The molecule has 0 atom stereocenters. The number of urea groups is 1. The largest absolute Gasteiger partial charge is 0.427 e. The number of hydrogen-bond donors (Lipinski definition) is 6. The Labute approximate surface area is 240 Å². The van der Waals surface area contributed by atoms with Gasteiger partial charge in [-0.2, -0.15) is 0 Å². The molecule has 216 valence electrons. The van der Waals surface area contributed by atoms with Crippen LogP contribution in [0.5, 0.6) is 5.75 Å².